The Bertz CT molecular complexity index is 903. The predicted molar refractivity (Wildman–Crippen MR) is 91.3 cm³/mol. The number of anilines is 1. The van der Waals surface area contributed by atoms with Gasteiger partial charge in [-0.25, -0.2) is 17.2 Å². The fraction of sp³-hybridized carbons (Fsp3) is 0.133. The number of carbonyl (C=O) groups is 1. The Morgan fingerprint density at radius 2 is 1.72 bits per heavy atom. The van der Waals surface area contributed by atoms with Gasteiger partial charge in [-0.2, -0.15) is 4.31 Å². The summed E-state index contributed by atoms with van der Waals surface area (Å²) >= 11 is 11.6. The molecule has 5 nitrogen and oxygen atoms in total. The molecule has 0 heterocycles. The molecule has 0 saturated carbocycles. The fourth-order valence-electron chi connectivity index (χ4n) is 1.95. The van der Waals surface area contributed by atoms with Crippen molar-refractivity contribution < 1.29 is 22.0 Å². The van der Waals surface area contributed by atoms with Gasteiger partial charge in [-0.05, 0) is 30.3 Å². The maximum atomic E-state index is 13.7. The molecule has 25 heavy (non-hydrogen) atoms. The van der Waals surface area contributed by atoms with Crippen molar-refractivity contribution in [1.29, 1.82) is 0 Å². The fourth-order valence-corrected chi connectivity index (χ4v) is 3.47. The second-order valence-electron chi connectivity index (χ2n) is 4.99. The average molecular weight is 409 g/mol. The Kier molecular flexibility index (Phi) is 5.99. The first-order chi connectivity index (χ1) is 11.6. The van der Waals surface area contributed by atoms with Gasteiger partial charge in [0, 0.05) is 12.7 Å². The first-order valence-corrected chi connectivity index (χ1v) is 8.98. The largest absolute Gasteiger partial charge is 0.325 e. The van der Waals surface area contributed by atoms with Crippen LogP contribution in [0.4, 0.5) is 14.5 Å². The molecule has 0 aliphatic rings. The van der Waals surface area contributed by atoms with E-state index in [9.17, 15) is 22.0 Å². The van der Waals surface area contributed by atoms with Gasteiger partial charge < -0.3 is 5.32 Å². The van der Waals surface area contributed by atoms with Crippen molar-refractivity contribution in [2.45, 2.75) is 4.90 Å². The number of hydrogen-bond acceptors (Lipinski definition) is 3. The van der Waals surface area contributed by atoms with Crippen LogP contribution in [0.5, 0.6) is 0 Å². The maximum absolute atomic E-state index is 13.7. The zero-order valence-corrected chi connectivity index (χ0v) is 15.1. The van der Waals surface area contributed by atoms with Crippen LogP contribution in [0.25, 0.3) is 0 Å². The van der Waals surface area contributed by atoms with E-state index in [2.05, 4.69) is 5.32 Å². The minimum absolute atomic E-state index is 0.203. The third-order valence-electron chi connectivity index (χ3n) is 3.16. The van der Waals surface area contributed by atoms with Crippen LogP contribution in [0, 0.1) is 11.6 Å². The summed E-state index contributed by atoms with van der Waals surface area (Å²) in [5, 5.41) is 2.91. The van der Waals surface area contributed by atoms with Crippen LogP contribution < -0.4 is 5.32 Å². The molecule has 0 aromatic heterocycles. The molecular formula is C15H12Cl2F2N2O3S. The number of rotatable bonds is 5. The Morgan fingerprint density at radius 1 is 1.12 bits per heavy atom. The van der Waals surface area contributed by atoms with Gasteiger partial charge in [0.15, 0.2) is 4.90 Å². The summed E-state index contributed by atoms with van der Waals surface area (Å²) in [6.07, 6.45) is 0. The Labute approximate surface area is 153 Å². The quantitative estimate of drug-likeness (QED) is 0.822. The third kappa shape index (κ3) is 4.46. The number of sulfonamides is 1. The third-order valence-corrected chi connectivity index (χ3v) is 5.75. The molecule has 2 aromatic carbocycles. The van der Waals surface area contributed by atoms with Crippen molar-refractivity contribution in [2.24, 2.45) is 0 Å². The molecule has 0 aliphatic carbocycles. The lowest BCUT2D eigenvalue weighted by molar-refractivity contribution is -0.116. The number of hydrogen-bond donors (Lipinski definition) is 1. The molecule has 1 N–H and O–H groups in total. The van der Waals surface area contributed by atoms with Gasteiger partial charge in [-0.3, -0.25) is 4.79 Å². The van der Waals surface area contributed by atoms with E-state index in [0.29, 0.717) is 9.99 Å². The van der Waals surface area contributed by atoms with E-state index >= 15 is 0 Å². The molecule has 0 fully saturated rings. The molecule has 2 rings (SSSR count). The lowest BCUT2D eigenvalue weighted by atomic mass is 10.3. The number of nitrogens with zero attached hydrogens (tertiary/aromatic N) is 1. The first-order valence-electron chi connectivity index (χ1n) is 6.78. The zero-order valence-electron chi connectivity index (χ0n) is 12.8. The standard InChI is InChI=1S/C15H12Cl2F2N2O3S/c1-21(25(23,24)15-12(18)3-2-4-13(15)19)8-14(22)20-9-5-6-10(16)11(17)7-9/h2-7H,8H2,1H3,(H,20,22). The van der Waals surface area contributed by atoms with Crippen molar-refractivity contribution in [2.75, 3.05) is 18.9 Å². The molecule has 10 heteroatoms. The Morgan fingerprint density at radius 3 is 2.28 bits per heavy atom. The van der Waals surface area contributed by atoms with Crippen LogP contribution in [-0.2, 0) is 14.8 Å². The highest BCUT2D eigenvalue weighted by molar-refractivity contribution is 7.89. The summed E-state index contributed by atoms with van der Waals surface area (Å²) in [5.74, 6) is -3.20. The summed E-state index contributed by atoms with van der Waals surface area (Å²) < 4.78 is 52.5. The van der Waals surface area contributed by atoms with E-state index in [1.807, 2.05) is 0 Å². The molecular weight excluding hydrogens is 397 g/mol. The highest BCUT2D eigenvalue weighted by atomic mass is 35.5. The molecule has 0 bridgehead atoms. The number of halogens is 4. The Balaban J connectivity index is 2.16. The van der Waals surface area contributed by atoms with Gasteiger partial charge in [0.05, 0.1) is 16.6 Å². The molecule has 0 aliphatic heterocycles. The molecule has 0 radical (unpaired) electrons. The van der Waals surface area contributed by atoms with Crippen molar-refractivity contribution >= 4 is 44.8 Å². The van der Waals surface area contributed by atoms with Gasteiger partial charge in [-0.1, -0.05) is 29.3 Å². The SMILES string of the molecule is CN(CC(=O)Nc1ccc(Cl)c(Cl)c1)S(=O)(=O)c1c(F)cccc1F. The molecule has 1 amide bonds. The number of carbonyl (C=O) groups excluding carboxylic acids is 1. The van der Waals surface area contributed by atoms with Crippen LogP contribution in [0.1, 0.15) is 0 Å². The molecule has 0 spiro atoms. The first kappa shape index (κ1) is 19.6. The zero-order chi connectivity index (χ0) is 18.8. The number of nitrogens with one attached hydrogen (secondary N) is 1. The second-order valence-corrected chi connectivity index (χ2v) is 7.79. The average Bonchev–Trinajstić information content (AvgIpc) is 2.50. The van der Waals surface area contributed by atoms with Crippen LogP contribution in [0.3, 0.4) is 0 Å². The summed E-state index contributed by atoms with van der Waals surface area (Å²) in [6, 6.07) is 6.98. The van der Waals surface area contributed by atoms with E-state index in [0.717, 1.165) is 25.2 Å². The number of benzene rings is 2. The van der Waals surface area contributed by atoms with E-state index in [1.54, 1.807) is 0 Å². The van der Waals surface area contributed by atoms with Crippen LogP contribution >= 0.6 is 23.2 Å². The van der Waals surface area contributed by atoms with Gasteiger partial charge in [0.1, 0.15) is 11.6 Å². The van der Waals surface area contributed by atoms with E-state index in [4.69, 9.17) is 23.2 Å². The summed E-state index contributed by atoms with van der Waals surface area (Å²) in [4.78, 5) is 10.9. The highest BCUT2D eigenvalue weighted by Crippen LogP contribution is 2.25. The predicted octanol–water partition coefficient (Wildman–Crippen LogP) is 3.53. The normalized spacial score (nSPS) is 11.6. The van der Waals surface area contributed by atoms with Crippen LogP contribution in [0.15, 0.2) is 41.3 Å². The maximum Gasteiger partial charge on any atom is 0.249 e. The lowest BCUT2D eigenvalue weighted by Gasteiger charge is -2.17. The summed E-state index contributed by atoms with van der Waals surface area (Å²) in [5.41, 5.74) is 0.294. The van der Waals surface area contributed by atoms with Gasteiger partial charge in [-0.15, -0.1) is 0 Å². The van der Waals surface area contributed by atoms with Gasteiger partial charge in [0.2, 0.25) is 15.9 Å². The van der Waals surface area contributed by atoms with E-state index in [-0.39, 0.29) is 10.0 Å². The van der Waals surface area contributed by atoms with Gasteiger partial charge >= 0.3 is 0 Å². The van der Waals surface area contributed by atoms with Crippen molar-refractivity contribution in [3.05, 3.63) is 58.1 Å². The number of likely N-dealkylation sites (N-methyl/N-ethyl adjacent to an activating group) is 1. The van der Waals surface area contributed by atoms with Crippen LogP contribution in [0.2, 0.25) is 10.0 Å². The van der Waals surface area contributed by atoms with E-state index < -0.39 is 39.0 Å². The summed E-state index contributed by atoms with van der Waals surface area (Å²) in [6.45, 7) is -0.656. The smallest absolute Gasteiger partial charge is 0.249 e. The molecule has 0 unspecified atom stereocenters. The lowest BCUT2D eigenvalue weighted by Crippen LogP contribution is -2.35. The van der Waals surface area contributed by atoms with Crippen molar-refractivity contribution in [3.63, 3.8) is 0 Å². The molecule has 0 atom stereocenters. The van der Waals surface area contributed by atoms with E-state index in [1.165, 1.54) is 18.2 Å². The molecule has 2 aromatic rings. The monoisotopic (exact) mass is 408 g/mol. The van der Waals surface area contributed by atoms with Crippen LogP contribution in [-0.4, -0.2) is 32.2 Å². The topological polar surface area (TPSA) is 66.5 Å². The second kappa shape index (κ2) is 7.65. The minimum Gasteiger partial charge on any atom is -0.325 e. The summed E-state index contributed by atoms with van der Waals surface area (Å²) in [7, 11) is -3.49. The Hall–Kier alpha value is -1.74. The molecule has 0 saturated heterocycles. The minimum atomic E-state index is -4.53. The highest BCUT2D eigenvalue weighted by Gasteiger charge is 2.29. The molecule has 134 valence electrons. The van der Waals surface area contributed by atoms with Crippen molar-refractivity contribution in [1.82, 2.24) is 4.31 Å². The van der Waals surface area contributed by atoms with Crippen molar-refractivity contribution in [3.8, 4) is 0 Å². The van der Waals surface area contributed by atoms with Gasteiger partial charge in [0.25, 0.3) is 0 Å². The number of amides is 1.